The first kappa shape index (κ1) is 46.7. The van der Waals surface area contributed by atoms with Gasteiger partial charge in [0.05, 0.1) is 6.54 Å². The number of piperidine rings is 2. The molecule has 0 saturated carbocycles. The maximum absolute atomic E-state index is 12.7. The summed E-state index contributed by atoms with van der Waals surface area (Å²) in [7, 11) is 0. The smallest absolute Gasteiger partial charge is 0.406 e. The highest BCUT2D eigenvalue weighted by Crippen LogP contribution is 2.50. The number of para-hydroxylation sites is 2. The molecule has 0 bridgehead atoms. The quantitative estimate of drug-likeness (QED) is 0.111. The fraction of sp³-hybridized carbons (Fsp3) is 0.378. The average Bonchev–Trinajstić information content (AvgIpc) is 3.66. The summed E-state index contributed by atoms with van der Waals surface area (Å²) in [5.41, 5.74) is 4.39. The number of fused-ring (bicyclic) bond motifs is 4. The van der Waals surface area contributed by atoms with Gasteiger partial charge in [0, 0.05) is 68.8 Å². The van der Waals surface area contributed by atoms with Crippen LogP contribution in [0.4, 0.5) is 26.3 Å². The number of ether oxygens (including phenoxy) is 2. The summed E-state index contributed by atoms with van der Waals surface area (Å²) >= 11 is 7.20. The number of Topliss-reactive ketones (excluding diaryl/α,β-unsaturated/α-hetero) is 2. The minimum absolute atomic E-state index is 0.102. The van der Waals surface area contributed by atoms with Crippen LogP contribution in [0.5, 0.6) is 11.5 Å². The molecule has 1 N–H and O–H groups in total. The second kappa shape index (κ2) is 19.7. The SMILES string of the molecule is O=C1CC2(CCN(C(=O)CCc3ccccc3OC(F)(F)F)CC2)c2c(Br)cccc21.O=C1CC2(CCNCC2)c2c(Br)cccc21.O=C=NCc1ccccc1OC(F)(F)F. The van der Waals surface area contributed by atoms with Crippen LogP contribution in [-0.2, 0) is 33.4 Å². The van der Waals surface area contributed by atoms with E-state index in [1.54, 1.807) is 11.0 Å². The lowest BCUT2D eigenvalue weighted by Crippen LogP contribution is -2.44. The molecule has 2 heterocycles. The molecule has 2 saturated heterocycles. The number of ketones is 2. The zero-order valence-corrected chi connectivity index (χ0v) is 36.3. The van der Waals surface area contributed by atoms with Crippen molar-refractivity contribution in [1.82, 2.24) is 10.2 Å². The summed E-state index contributed by atoms with van der Waals surface area (Å²) < 4.78 is 83.4. The number of halogens is 8. The molecular formula is C45H41Br2F6N3O6. The molecule has 4 aromatic rings. The van der Waals surface area contributed by atoms with E-state index in [2.05, 4.69) is 57.7 Å². The number of nitrogens with one attached hydrogen (secondary N) is 1. The number of benzene rings is 4. The summed E-state index contributed by atoms with van der Waals surface area (Å²) in [4.78, 5) is 52.0. The molecule has 0 atom stereocenters. The van der Waals surface area contributed by atoms with Gasteiger partial charge in [-0.05, 0) is 86.1 Å². The normalized spacial score (nSPS) is 17.2. The number of carbonyl (C=O) groups is 3. The Morgan fingerprint density at radius 1 is 0.694 bits per heavy atom. The molecule has 2 aliphatic heterocycles. The Balaban J connectivity index is 0.000000173. The summed E-state index contributed by atoms with van der Waals surface area (Å²) in [6, 6.07) is 23.0. The number of aryl methyl sites for hydroxylation is 1. The lowest BCUT2D eigenvalue weighted by Gasteiger charge is -2.40. The fourth-order valence-electron chi connectivity index (χ4n) is 8.83. The maximum Gasteiger partial charge on any atom is 0.573 e. The molecule has 4 aromatic carbocycles. The van der Waals surface area contributed by atoms with Gasteiger partial charge in [-0.25, -0.2) is 9.79 Å². The third-order valence-corrected chi connectivity index (χ3v) is 13.0. The predicted molar refractivity (Wildman–Crippen MR) is 224 cm³/mol. The van der Waals surface area contributed by atoms with Crippen LogP contribution in [0.3, 0.4) is 0 Å². The Labute approximate surface area is 370 Å². The number of rotatable bonds is 7. The molecule has 4 aliphatic rings. The number of likely N-dealkylation sites (tertiary alicyclic amines) is 1. The topological polar surface area (TPSA) is 114 Å². The van der Waals surface area contributed by atoms with Crippen LogP contribution in [0.15, 0.2) is 98.9 Å². The summed E-state index contributed by atoms with van der Waals surface area (Å²) in [5, 5.41) is 3.37. The Morgan fingerprint density at radius 3 is 1.66 bits per heavy atom. The highest BCUT2D eigenvalue weighted by molar-refractivity contribution is 9.10. The summed E-state index contributed by atoms with van der Waals surface area (Å²) in [5.74, 6) is -0.279. The van der Waals surface area contributed by atoms with Gasteiger partial charge in [-0.1, -0.05) is 92.5 Å². The van der Waals surface area contributed by atoms with Crippen molar-refractivity contribution in [2.45, 2.75) is 81.5 Å². The average molecular weight is 994 g/mol. The van der Waals surface area contributed by atoms with Gasteiger partial charge in [0.25, 0.3) is 0 Å². The van der Waals surface area contributed by atoms with Crippen LogP contribution < -0.4 is 14.8 Å². The third kappa shape index (κ3) is 11.2. The van der Waals surface area contributed by atoms with Crippen molar-refractivity contribution < 1.29 is 55.0 Å². The van der Waals surface area contributed by atoms with Gasteiger partial charge in [0.2, 0.25) is 12.0 Å². The third-order valence-electron chi connectivity index (χ3n) is 11.6. The van der Waals surface area contributed by atoms with Crippen molar-refractivity contribution in [2.75, 3.05) is 26.2 Å². The Kier molecular flexibility index (Phi) is 14.8. The fourth-order valence-corrected chi connectivity index (χ4v) is 10.4. The van der Waals surface area contributed by atoms with Gasteiger partial charge in [-0.3, -0.25) is 14.4 Å². The highest BCUT2D eigenvalue weighted by Gasteiger charge is 2.47. The molecule has 9 nitrogen and oxygen atoms in total. The molecule has 8 rings (SSSR count). The predicted octanol–water partition coefficient (Wildman–Crippen LogP) is 10.5. The minimum Gasteiger partial charge on any atom is -0.406 e. The lowest BCUT2D eigenvalue weighted by atomic mass is 9.73. The summed E-state index contributed by atoms with van der Waals surface area (Å²) in [6.45, 7) is 2.90. The van der Waals surface area contributed by atoms with Gasteiger partial charge in [0.1, 0.15) is 11.5 Å². The standard InChI is InChI=1S/C23H21BrF3NO3.C13H14BrNO.C9H6F3NO2/c24-17-6-3-5-16-18(29)14-22(21(16)17)10-12-28(13-11-22)20(30)9-8-15-4-1-2-7-19(15)31-23(25,26)27;14-10-3-1-2-9-11(16)8-13(12(9)10)4-6-15-7-5-13;10-9(11,12)15-8-4-2-1-3-7(8)5-13-6-14/h1-7H,8-14H2;1-3,15H,4-8H2;1-4H,5H2. The van der Waals surface area contributed by atoms with Gasteiger partial charge >= 0.3 is 12.7 Å². The van der Waals surface area contributed by atoms with E-state index >= 15 is 0 Å². The van der Waals surface area contributed by atoms with Crippen molar-refractivity contribution >= 4 is 55.4 Å². The van der Waals surface area contributed by atoms with Crippen molar-refractivity contribution in [3.05, 3.63) is 127 Å². The van der Waals surface area contributed by atoms with Crippen LogP contribution in [0.1, 0.15) is 87.9 Å². The number of alkyl halides is 6. The van der Waals surface area contributed by atoms with E-state index in [4.69, 9.17) is 0 Å². The first-order valence-electron chi connectivity index (χ1n) is 19.8. The molecule has 0 unspecified atom stereocenters. The molecule has 62 heavy (non-hydrogen) atoms. The van der Waals surface area contributed by atoms with Gasteiger partial charge in [-0.2, -0.15) is 0 Å². The highest BCUT2D eigenvalue weighted by atomic mass is 79.9. The van der Waals surface area contributed by atoms with E-state index in [0.717, 1.165) is 57.6 Å². The van der Waals surface area contributed by atoms with E-state index in [9.17, 15) is 45.5 Å². The molecular weight excluding hydrogens is 952 g/mol. The first-order chi connectivity index (χ1) is 29.4. The molecule has 17 heteroatoms. The molecule has 328 valence electrons. The lowest BCUT2D eigenvalue weighted by molar-refractivity contribution is -0.275. The van der Waals surface area contributed by atoms with Crippen LogP contribution in [0, 0.1) is 0 Å². The van der Waals surface area contributed by atoms with Gasteiger partial charge < -0.3 is 19.7 Å². The van der Waals surface area contributed by atoms with E-state index in [0.29, 0.717) is 50.1 Å². The largest absolute Gasteiger partial charge is 0.573 e. The number of isocyanates is 1. The van der Waals surface area contributed by atoms with Crippen LogP contribution in [0.2, 0.25) is 0 Å². The van der Waals surface area contributed by atoms with E-state index in [1.165, 1.54) is 48.0 Å². The number of hydrogen-bond donors (Lipinski definition) is 1. The Hall–Kier alpha value is -4.83. The van der Waals surface area contributed by atoms with Gasteiger partial charge in [0.15, 0.2) is 11.6 Å². The van der Waals surface area contributed by atoms with Crippen LogP contribution in [0.25, 0.3) is 0 Å². The van der Waals surface area contributed by atoms with Crippen molar-refractivity contribution in [2.24, 2.45) is 4.99 Å². The zero-order chi connectivity index (χ0) is 44.7. The number of hydrogen-bond acceptors (Lipinski definition) is 8. The molecule has 2 fully saturated rings. The monoisotopic (exact) mass is 991 g/mol. The van der Waals surface area contributed by atoms with E-state index in [1.807, 2.05) is 30.3 Å². The van der Waals surface area contributed by atoms with E-state index in [-0.39, 0.29) is 59.0 Å². The van der Waals surface area contributed by atoms with Gasteiger partial charge in [-0.15, -0.1) is 26.3 Å². The van der Waals surface area contributed by atoms with Crippen molar-refractivity contribution in [3.63, 3.8) is 0 Å². The summed E-state index contributed by atoms with van der Waals surface area (Å²) in [6.07, 6.45) is -3.32. The molecule has 0 aromatic heterocycles. The van der Waals surface area contributed by atoms with E-state index < -0.39 is 12.7 Å². The molecule has 2 spiro atoms. The Bertz CT molecular complexity index is 2340. The minimum atomic E-state index is -4.77. The second-order valence-electron chi connectivity index (χ2n) is 15.4. The number of carbonyl (C=O) groups excluding carboxylic acids is 4. The number of aliphatic imine (C=N–C) groups is 1. The van der Waals surface area contributed by atoms with Crippen LogP contribution in [-0.4, -0.2) is 67.4 Å². The van der Waals surface area contributed by atoms with Crippen molar-refractivity contribution in [1.29, 1.82) is 0 Å². The number of amides is 1. The maximum atomic E-state index is 12.7. The number of nitrogens with zero attached hydrogens (tertiary/aromatic N) is 2. The first-order valence-corrected chi connectivity index (χ1v) is 21.4. The molecule has 1 amide bonds. The van der Waals surface area contributed by atoms with Crippen LogP contribution >= 0.6 is 31.9 Å². The van der Waals surface area contributed by atoms with Crippen molar-refractivity contribution in [3.8, 4) is 11.5 Å². The Morgan fingerprint density at radius 2 is 1.16 bits per heavy atom. The zero-order valence-electron chi connectivity index (χ0n) is 33.1. The molecule has 2 aliphatic carbocycles. The second-order valence-corrected chi connectivity index (χ2v) is 17.1. The molecule has 0 radical (unpaired) electrons.